The van der Waals surface area contributed by atoms with Crippen LogP contribution in [0.2, 0.25) is 0 Å². The third-order valence-electron chi connectivity index (χ3n) is 4.05. The van der Waals surface area contributed by atoms with Crippen molar-refractivity contribution in [1.82, 2.24) is 10.7 Å². The highest BCUT2D eigenvalue weighted by Gasteiger charge is 2.16. The van der Waals surface area contributed by atoms with Gasteiger partial charge in [-0.25, -0.2) is 5.43 Å². The van der Waals surface area contributed by atoms with E-state index in [1.807, 2.05) is 13.8 Å². The number of methoxy groups -OCH3 is 1. The Balaban J connectivity index is 1.92. The molecule has 1 atom stereocenters. The van der Waals surface area contributed by atoms with Crippen LogP contribution in [0, 0.1) is 0 Å². The second-order valence-electron chi connectivity index (χ2n) is 6.23. The Bertz CT molecular complexity index is 881. The summed E-state index contributed by atoms with van der Waals surface area (Å²) in [6.07, 6.45) is 1.49. The fourth-order valence-corrected chi connectivity index (χ4v) is 2.50. The molecule has 0 fully saturated rings. The molecule has 8 heteroatoms. The maximum atomic E-state index is 12.2. The van der Waals surface area contributed by atoms with Gasteiger partial charge < -0.3 is 19.5 Å². The van der Waals surface area contributed by atoms with Gasteiger partial charge in [0.1, 0.15) is 11.8 Å². The zero-order chi connectivity index (χ0) is 21.9. The van der Waals surface area contributed by atoms with E-state index < -0.39 is 11.9 Å². The molecule has 0 heterocycles. The number of hydrogen-bond donors (Lipinski definition) is 2. The van der Waals surface area contributed by atoms with Gasteiger partial charge >= 0.3 is 0 Å². The van der Waals surface area contributed by atoms with Gasteiger partial charge in [-0.05, 0) is 68.8 Å². The summed E-state index contributed by atoms with van der Waals surface area (Å²) in [5.74, 6) is 1.10. The first-order chi connectivity index (χ1) is 14.5. The first kappa shape index (κ1) is 22.7. The average Bonchev–Trinajstić information content (AvgIpc) is 2.75. The molecule has 30 heavy (non-hydrogen) atoms. The molecule has 0 aliphatic carbocycles. The molecular weight excluding hydrogens is 386 g/mol. The van der Waals surface area contributed by atoms with Gasteiger partial charge in [0, 0.05) is 5.56 Å². The van der Waals surface area contributed by atoms with Crippen molar-refractivity contribution in [3.05, 3.63) is 53.6 Å². The lowest BCUT2D eigenvalue weighted by molar-refractivity contribution is -0.122. The van der Waals surface area contributed by atoms with Gasteiger partial charge in [0.2, 0.25) is 0 Å². The number of hydrogen-bond acceptors (Lipinski definition) is 6. The number of rotatable bonds is 10. The van der Waals surface area contributed by atoms with Crippen molar-refractivity contribution in [1.29, 1.82) is 0 Å². The molecule has 0 radical (unpaired) electrons. The van der Waals surface area contributed by atoms with E-state index in [0.717, 1.165) is 5.56 Å². The Kier molecular flexibility index (Phi) is 8.68. The molecule has 1 unspecified atom stereocenters. The van der Waals surface area contributed by atoms with Crippen LogP contribution in [-0.2, 0) is 4.79 Å². The Hall–Kier alpha value is -3.55. The quantitative estimate of drug-likeness (QED) is 0.461. The summed E-state index contributed by atoms with van der Waals surface area (Å²) in [5.41, 5.74) is 3.58. The van der Waals surface area contributed by atoms with Gasteiger partial charge in [-0.15, -0.1) is 0 Å². The maximum absolute atomic E-state index is 12.2. The fourth-order valence-electron chi connectivity index (χ4n) is 2.50. The molecule has 0 aromatic heterocycles. The standard InChI is InChI=1S/C22H27N3O5/c1-5-29-19-12-7-16(13-20(19)30-6-2)14-23-25-21(26)15(3)24-22(27)17-8-10-18(28-4)11-9-17/h7-15H,5-6H2,1-4H3,(H,24,27)(H,25,26). The van der Waals surface area contributed by atoms with Crippen LogP contribution in [0.5, 0.6) is 17.2 Å². The van der Waals surface area contributed by atoms with E-state index in [9.17, 15) is 9.59 Å². The summed E-state index contributed by atoms with van der Waals surface area (Å²) in [6.45, 7) is 6.40. The van der Waals surface area contributed by atoms with Crippen LogP contribution in [0.15, 0.2) is 47.6 Å². The molecule has 0 aliphatic rings. The molecule has 8 nitrogen and oxygen atoms in total. The van der Waals surface area contributed by atoms with Gasteiger partial charge in [0.05, 0.1) is 26.5 Å². The van der Waals surface area contributed by atoms with Gasteiger partial charge in [0.25, 0.3) is 11.8 Å². The summed E-state index contributed by atoms with van der Waals surface area (Å²) in [4.78, 5) is 24.4. The topological polar surface area (TPSA) is 98.2 Å². The number of amides is 2. The molecular formula is C22H27N3O5. The molecule has 0 saturated carbocycles. The van der Waals surface area contributed by atoms with Crippen LogP contribution in [0.3, 0.4) is 0 Å². The number of carbonyl (C=O) groups is 2. The second-order valence-corrected chi connectivity index (χ2v) is 6.23. The average molecular weight is 413 g/mol. The normalized spacial score (nSPS) is 11.6. The number of nitrogens with zero attached hydrogens (tertiary/aromatic N) is 1. The number of benzene rings is 2. The highest BCUT2D eigenvalue weighted by molar-refractivity contribution is 5.97. The summed E-state index contributed by atoms with van der Waals surface area (Å²) in [6, 6.07) is 11.2. The van der Waals surface area contributed by atoms with E-state index in [0.29, 0.717) is 36.0 Å². The van der Waals surface area contributed by atoms with Crippen molar-refractivity contribution in [2.24, 2.45) is 5.10 Å². The minimum atomic E-state index is -0.768. The molecule has 2 aromatic carbocycles. The first-order valence-corrected chi connectivity index (χ1v) is 9.66. The summed E-state index contributed by atoms with van der Waals surface area (Å²) in [5, 5.41) is 6.58. The number of carbonyl (C=O) groups excluding carboxylic acids is 2. The lowest BCUT2D eigenvalue weighted by Gasteiger charge is -2.12. The van der Waals surface area contributed by atoms with Gasteiger partial charge in [0.15, 0.2) is 11.5 Å². The molecule has 160 valence electrons. The number of nitrogens with one attached hydrogen (secondary N) is 2. The molecule has 2 aromatic rings. The Morgan fingerprint density at radius 3 is 2.33 bits per heavy atom. The van der Waals surface area contributed by atoms with Crippen LogP contribution in [-0.4, -0.2) is 44.4 Å². The molecule has 0 spiro atoms. The van der Waals surface area contributed by atoms with Gasteiger partial charge in [-0.3, -0.25) is 9.59 Å². The largest absolute Gasteiger partial charge is 0.497 e. The van der Waals surface area contributed by atoms with Crippen molar-refractivity contribution in [3.8, 4) is 17.2 Å². The highest BCUT2D eigenvalue weighted by atomic mass is 16.5. The van der Waals surface area contributed by atoms with E-state index in [-0.39, 0.29) is 5.91 Å². The zero-order valence-electron chi connectivity index (χ0n) is 17.6. The van der Waals surface area contributed by atoms with Gasteiger partial charge in [-0.1, -0.05) is 0 Å². The van der Waals surface area contributed by atoms with Crippen molar-refractivity contribution >= 4 is 18.0 Å². The van der Waals surface area contributed by atoms with Crippen molar-refractivity contribution in [2.45, 2.75) is 26.8 Å². The van der Waals surface area contributed by atoms with Crippen LogP contribution < -0.4 is 25.0 Å². The number of hydrazone groups is 1. The van der Waals surface area contributed by atoms with E-state index >= 15 is 0 Å². The van der Waals surface area contributed by atoms with Crippen LogP contribution in [0.4, 0.5) is 0 Å². The second kappa shape index (κ2) is 11.5. The summed E-state index contributed by atoms with van der Waals surface area (Å²) >= 11 is 0. The van der Waals surface area contributed by atoms with Crippen molar-refractivity contribution < 1.29 is 23.8 Å². The van der Waals surface area contributed by atoms with E-state index in [1.165, 1.54) is 6.21 Å². The smallest absolute Gasteiger partial charge is 0.262 e. The Morgan fingerprint density at radius 2 is 1.70 bits per heavy atom. The maximum Gasteiger partial charge on any atom is 0.262 e. The van der Waals surface area contributed by atoms with Crippen LogP contribution >= 0.6 is 0 Å². The Morgan fingerprint density at radius 1 is 1.03 bits per heavy atom. The number of ether oxygens (including phenoxy) is 3. The van der Waals surface area contributed by atoms with E-state index in [2.05, 4.69) is 15.8 Å². The highest BCUT2D eigenvalue weighted by Crippen LogP contribution is 2.27. The van der Waals surface area contributed by atoms with Crippen molar-refractivity contribution in [3.63, 3.8) is 0 Å². The molecule has 2 rings (SSSR count). The van der Waals surface area contributed by atoms with Crippen LogP contribution in [0.25, 0.3) is 0 Å². The van der Waals surface area contributed by atoms with E-state index in [4.69, 9.17) is 14.2 Å². The first-order valence-electron chi connectivity index (χ1n) is 9.66. The third kappa shape index (κ3) is 6.51. The minimum absolute atomic E-state index is 0.364. The molecule has 2 amide bonds. The lowest BCUT2D eigenvalue weighted by Crippen LogP contribution is -2.43. The summed E-state index contributed by atoms with van der Waals surface area (Å²) in [7, 11) is 1.55. The van der Waals surface area contributed by atoms with Crippen LogP contribution in [0.1, 0.15) is 36.7 Å². The van der Waals surface area contributed by atoms with E-state index in [1.54, 1.807) is 56.5 Å². The molecule has 0 saturated heterocycles. The van der Waals surface area contributed by atoms with Crippen molar-refractivity contribution in [2.75, 3.05) is 20.3 Å². The monoisotopic (exact) mass is 413 g/mol. The SMILES string of the molecule is CCOc1ccc(C=NNC(=O)C(C)NC(=O)c2ccc(OC)cc2)cc1OCC. The minimum Gasteiger partial charge on any atom is -0.497 e. The fraction of sp³-hybridized carbons (Fsp3) is 0.318. The predicted molar refractivity (Wildman–Crippen MR) is 114 cm³/mol. The lowest BCUT2D eigenvalue weighted by atomic mass is 10.2. The molecule has 2 N–H and O–H groups in total. The Labute approximate surface area is 176 Å². The third-order valence-corrected chi connectivity index (χ3v) is 4.05. The molecule has 0 aliphatic heterocycles. The summed E-state index contributed by atoms with van der Waals surface area (Å²) < 4.78 is 16.1. The molecule has 0 bridgehead atoms. The predicted octanol–water partition coefficient (Wildman–Crippen LogP) is 2.76. The van der Waals surface area contributed by atoms with Gasteiger partial charge in [-0.2, -0.15) is 5.10 Å². The zero-order valence-corrected chi connectivity index (χ0v) is 17.6.